The Kier molecular flexibility index (Phi) is 4.79. The van der Waals surface area contributed by atoms with Gasteiger partial charge >= 0.3 is 0 Å². The number of aromatic nitrogens is 2. The van der Waals surface area contributed by atoms with E-state index in [4.69, 9.17) is 33.0 Å². The monoisotopic (exact) mass is 387 g/mol. The fourth-order valence-corrected chi connectivity index (χ4v) is 3.79. The Morgan fingerprint density at radius 2 is 2.04 bits per heavy atom. The minimum atomic E-state index is 0.612. The molecule has 1 aliphatic rings. The first-order chi connectivity index (χ1) is 12.7. The van der Waals surface area contributed by atoms with Crippen LogP contribution in [0.5, 0.6) is 5.75 Å². The number of fused-ring (bicyclic) bond motifs is 1. The van der Waals surface area contributed by atoms with Gasteiger partial charge in [0, 0.05) is 28.6 Å². The maximum Gasteiger partial charge on any atom is 0.145 e. The van der Waals surface area contributed by atoms with Crippen LogP contribution in [0.25, 0.3) is 5.69 Å². The van der Waals surface area contributed by atoms with Crippen LogP contribution in [0.3, 0.4) is 0 Å². The summed E-state index contributed by atoms with van der Waals surface area (Å²) in [5.74, 6) is 1.86. The van der Waals surface area contributed by atoms with Crippen LogP contribution in [0.4, 0.5) is 5.82 Å². The summed E-state index contributed by atoms with van der Waals surface area (Å²) >= 11 is 12.4. The van der Waals surface area contributed by atoms with Crippen LogP contribution >= 0.6 is 23.2 Å². The molecule has 2 heterocycles. The predicted molar refractivity (Wildman–Crippen MR) is 106 cm³/mol. The van der Waals surface area contributed by atoms with Crippen molar-refractivity contribution >= 4 is 29.0 Å². The third kappa shape index (κ3) is 3.15. The van der Waals surface area contributed by atoms with Gasteiger partial charge in [0.1, 0.15) is 17.3 Å². The topological polar surface area (TPSA) is 39.1 Å². The Balaban J connectivity index is 1.76. The summed E-state index contributed by atoms with van der Waals surface area (Å²) in [5.41, 5.74) is 4.23. The highest BCUT2D eigenvalue weighted by Crippen LogP contribution is 2.34. The Morgan fingerprint density at radius 1 is 1.19 bits per heavy atom. The highest BCUT2D eigenvalue weighted by molar-refractivity contribution is 6.35. The lowest BCUT2D eigenvalue weighted by molar-refractivity contribution is 0.338. The van der Waals surface area contributed by atoms with Crippen LogP contribution in [0, 0.1) is 0 Å². The van der Waals surface area contributed by atoms with Crippen molar-refractivity contribution in [3.63, 3.8) is 0 Å². The van der Waals surface area contributed by atoms with Gasteiger partial charge in [-0.1, -0.05) is 41.4 Å². The molecule has 4 rings (SSSR count). The highest BCUT2D eigenvalue weighted by atomic mass is 35.5. The van der Waals surface area contributed by atoms with E-state index in [0.29, 0.717) is 23.1 Å². The van der Waals surface area contributed by atoms with E-state index in [1.54, 1.807) is 6.07 Å². The molecule has 3 aromatic rings. The predicted octanol–water partition coefficient (Wildman–Crippen LogP) is 5.14. The zero-order valence-corrected chi connectivity index (χ0v) is 15.9. The number of hydrogen-bond acceptors (Lipinski definition) is 3. The van der Waals surface area contributed by atoms with Crippen molar-refractivity contribution in [1.82, 2.24) is 9.78 Å². The van der Waals surface area contributed by atoms with Crippen molar-refractivity contribution in [1.29, 1.82) is 0 Å². The summed E-state index contributed by atoms with van der Waals surface area (Å²) in [4.78, 5) is 0. The lowest BCUT2D eigenvalue weighted by atomic mass is 10.1. The number of hydrogen-bond donors (Lipinski definition) is 1. The van der Waals surface area contributed by atoms with Gasteiger partial charge in [-0.25, -0.2) is 4.68 Å². The first-order valence-electron chi connectivity index (χ1n) is 8.68. The standard InChI is InChI=1S/C20H19Cl2N3O/c1-2-26-19-6-4-3-5-18(19)25-20-15(9-10-23-20)17(24-25)11-13-7-8-14(21)12-16(13)22/h3-8,12,23H,2,9-11H2,1H3. The van der Waals surface area contributed by atoms with Gasteiger partial charge in [0.2, 0.25) is 0 Å². The van der Waals surface area contributed by atoms with Crippen molar-refractivity contribution in [2.24, 2.45) is 0 Å². The minimum Gasteiger partial charge on any atom is -0.492 e. The second kappa shape index (κ2) is 7.22. The fourth-order valence-electron chi connectivity index (χ4n) is 3.32. The van der Waals surface area contributed by atoms with Gasteiger partial charge in [0.05, 0.1) is 12.3 Å². The quantitative estimate of drug-likeness (QED) is 0.658. The SMILES string of the molecule is CCOc1ccccc1-n1nc(Cc2ccc(Cl)cc2Cl)c2c1NCC2. The molecule has 4 nitrogen and oxygen atoms in total. The molecule has 2 aromatic carbocycles. The van der Waals surface area contributed by atoms with E-state index in [9.17, 15) is 0 Å². The van der Waals surface area contributed by atoms with Gasteiger partial charge in [-0.15, -0.1) is 0 Å². The third-order valence-electron chi connectivity index (χ3n) is 4.50. The van der Waals surface area contributed by atoms with Gasteiger partial charge in [-0.3, -0.25) is 0 Å². The lowest BCUT2D eigenvalue weighted by Gasteiger charge is -2.12. The summed E-state index contributed by atoms with van der Waals surface area (Å²) in [5, 5.41) is 9.65. The number of nitrogens with one attached hydrogen (secondary N) is 1. The third-order valence-corrected chi connectivity index (χ3v) is 5.09. The number of anilines is 1. The van der Waals surface area contributed by atoms with Crippen molar-refractivity contribution in [2.75, 3.05) is 18.5 Å². The number of nitrogens with zero attached hydrogens (tertiary/aromatic N) is 2. The molecule has 0 unspecified atom stereocenters. The molecular formula is C20H19Cl2N3O. The minimum absolute atomic E-state index is 0.612. The Bertz CT molecular complexity index is 952. The van der Waals surface area contributed by atoms with Crippen LogP contribution in [-0.2, 0) is 12.8 Å². The van der Waals surface area contributed by atoms with E-state index in [-0.39, 0.29) is 0 Å². The molecule has 0 atom stereocenters. The molecule has 26 heavy (non-hydrogen) atoms. The van der Waals surface area contributed by atoms with Gasteiger partial charge in [0.25, 0.3) is 0 Å². The number of para-hydroxylation sites is 2. The van der Waals surface area contributed by atoms with Crippen LogP contribution in [0.15, 0.2) is 42.5 Å². The molecule has 0 saturated heterocycles. The van der Waals surface area contributed by atoms with E-state index in [1.165, 1.54) is 5.56 Å². The molecule has 0 fully saturated rings. The Hall–Kier alpha value is -2.17. The number of ether oxygens (including phenoxy) is 1. The largest absolute Gasteiger partial charge is 0.492 e. The lowest BCUT2D eigenvalue weighted by Crippen LogP contribution is -2.07. The summed E-state index contributed by atoms with van der Waals surface area (Å²) in [6.07, 6.45) is 1.62. The van der Waals surface area contributed by atoms with Crippen molar-refractivity contribution in [2.45, 2.75) is 19.8 Å². The maximum atomic E-state index is 6.37. The van der Waals surface area contributed by atoms with Crippen LogP contribution in [0.1, 0.15) is 23.7 Å². The molecule has 1 aliphatic heterocycles. The van der Waals surface area contributed by atoms with Gasteiger partial charge < -0.3 is 10.1 Å². The fraction of sp³-hybridized carbons (Fsp3) is 0.250. The molecule has 0 spiro atoms. The van der Waals surface area contributed by atoms with Crippen LogP contribution in [-0.4, -0.2) is 22.9 Å². The Morgan fingerprint density at radius 3 is 2.85 bits per heavy atom. The van der Waals surface area contributed by atoms with Gasteiger partial charge in [-0.05, 0) is 43.2 Å². The summed E-state index contributed by atoms with van der Waals surface area (Å²) in [6, 6.07) is 13.6. The van der Waals surface area contributed by atoms with Crippen LogP contribution in [0.2, 0.25) is 10.0 Å². The molecule has 0 aliphatic carbocycles. The van der Waals surface area contributed by atoms with Gasteiger partial charge in [-0.2, -0.15) is 5.10 Å². The average Bonchev–Trinajstić information content (AvgIpc) is 3.22. The molecule has 0 saturated carbocycles. The molecule has 1 N–H and O–H groups in total. The second-order valence-corrected chi connectivity index (χ2v) is 7.02. The van der Waals surface area contributed by atoms with Gasteiger partial charge in [0.15, 0.2) is 0 Å². The van der Waals surface area contributed by atoms with E-state index in [0.717, 1.165) is 41.5 Å². The first-order valence-corrected chi connectivity index (χ1v) is 9.43. The smallest absolute Gasteiger partial charge is 0.145 e. The van der Waals surface area contributed by atoms with E-state index >= 15 is 0 Å². The average molecular weight is 388 g/mol. The number of rotatable bonds is 5. The van der Waals surface area contributed by atoms with Crippen molar-refractivity contribution in [3.05, 3.63) is 69.3 Å². The maximum absolute atomic E-state index is 6.37. The normalized spacial score (nSPS) is 12.7. The van der Waals surface area contributed by atoms with Crippen molar-refractivity contribution < 1.29 is 4.74 Å². The van der Waals surface area contributed by atoms with E-state index in [1.807, 2.05) is 48.0 Å². The van der Waals surface area contributed by atoms with E-state index in [2.05, 4.69) is 5.32 Å². The molecular weight excluding hydrogens is 369 g/mol. The highest BCUT2D eigenvalue weighted by Gasteiger charge is 2.24. The molecule has 0 amide bonds. The zero-order valence-electron chi connectivity index (χ0n) is 14.4. The number of halogens is 2. The van der Waals surface area contributed by atoms with E-state index < -0.39 is 0 Å². The summed E-state index contributed by atoms with van der Waals surface area (Å²) in [7, 11) is 0. The molecule has 1 aromatic heterocycles. The summed E-state index contributed by atoms with van der Waals surface area (Å²) < 4.78 is 7.74. The zero-order chi connectivity index (χ0) is 18.1. The molecule has 0 radical (unpaired) electrons. The second-order valence-electron chi connectivity index (χ2n) is 6.18. The summed E-state index contributed by atoms with van der Waals surface area (Å²) in [6.45, 7) is 3.50. The number of benzene rings is 2. The van der Waals surface area contributed by atoms with Crippen molar-refractivity contribution in [3.8, 4) is 11.4 Å². The molecule has 134 valence electrons. The molecule has 6 heteroatoms. The molecule has 0 bridgehead atoms. The first kappa shape index (κ1) is 17.3. The van der Waals surface area contributed by atoms with Crippen LogP contribution < -0.4 is 10.1 Å². The Labute approximate surface area is 162 Å².